The Morgan fingerprint density at radius 2 is 1.65 bits per heavy atom. The molecule has 0 N–H and O–H groups in total. The Bertz CT molecular complexity index is 1260. The van der Waals surface area contributed by atoms with Crippen molar-refractivity contribution in [3.8, 4) is 11.1 Å². The molecule has 1 aliphatic rings. The van der Waals surface area contributed by atoms with Gasteiger partial charge in [0.05, 0.1) is 0 Å². The van der Waals surface area contributed by atoms with E-state index in [0.717, 1.165) is 70.0 Å². The minimum Gasteiger partial charge on any atom is -0.461 e. The van der Waals surface area contributed by atoms with Crippen molar-refractivity contribution in [1.29, 1.82) is 0 Å². The number of hydrogen-bond acceptors (Lipinski definition) is 4. The highest BCUT2D eigenvalue weighted by atomic mass is 16.5. The van der Waals surface area contributed by atoms with Crippen LogP contribution in [0.15, 0.2) is 61.2 Å². The van der Waals surface area contributed by atoms with Crippen LogP contribution in [0.2, 0.25) is 0 Å². The van der Waals surface area contributed by atoms with Gasteiger partial charge in [-0.2, -0.15) is 0 Å². The highest BCUT2D eigenvalue weighted by Gasteiger charge is 2.26. The van der Waals surface area contributed by atoms with Crippen molar-refractivity contribution in [1.82, 2.24) is 0 Å². The fraction of sp³-hybridized carbons (Fsp3) is 0.394. The van der Waals surface area contributed by atoms with Crippen LogP contribution in [-0.2, 0) is 22.6 Å². The number of ketones is 1. The number of fused-ring (bicyclic) bond motifs is 2. The summed E-state index contributed by atoms with van der Waals surface area (Å²) < 4.78 is 5.53. The second-order valence-corrected chi connectivity index (χ2v) is 10.3. The molecule has 194 valence electrons. The fourth-order valence-electron chi connectivity index (χ4n) is 5.18. The third-order valence-corrected chi connectivity index (χ3v) is 7.31. The van der Waals surface area contributed by atoms with E-state index in [-0.39, 0.29) is 18.4 Å². The van der Waals surface area contributed by atoms with Gasteiger partial charge in [-0.25, -0.2) is 0 Å². The smallest absolute Gasteiger partial charge is 0.306 e. The molecule has 0 aromatic heterocycles. The molecule has 0 amide bonds. The number of anilines is 1. The molecule has 4 nitrogen and oxygen atoms in total. The maximum atomic E-state index is 12.9. The second-order valence-electron chi connectivity index (χ2n) is 10.3. The van der Waals surface area contributed by atoms with Crippen LogP contribution in [0.4, 0.5) is 5.69 Å². The van der Waals surface area contributed by atoms with Crippen molar-refractivity contribution >= 4 is 28.2 Å². The lowest BCUT2D eigenvalue weighted by Gasteiger charge is -2.17. The number of unbranched alkanes of at least 4 members (excludes halogenated alkanes) is 6. The summed E-state index contributed by atoms with van der Waals surface area (Å²) in [7, 11) is 4.06. The molecular formula is C33H39NO3. The average Bonchev–Trinajstić information content (AvgIpc) is 3.27. The maximum Gasteiger partial charge on any atom is 0.306 e. The lowest BCUT2D eigenvalue weighted by molar-refractivity contribution is -0.145. The monoisotopic (exact) mass is 497 g/mol. The number of esters is 1. The van der Waals surface area contributed by atoms with E-state index >= 15 is 0 Å². The Morgan fingerprint density at radius 1 is 0.919 bits per heavy atom. The Balaban J connectivity index is 1.40. The van der Waals surface area contributed by atoms with E-state index in [2.05, 4.69) is 47.9 Å². The van der Waals surface area contributed by atoms with Crippen LogP contribution >= 0.6 is 0 Å². The third-order valence-electron chi connectivity index (χ3n) is 7.31. The number of aryl methyl sites for hydroxylation is 1. The van der Waals surface area contributed by atoms with Crippen LogP contribution in [-0.4, -0.2) is 25.8 Å². The Morgan fingerprint density at radius 3 is 2.38 bits per heavy atom. The van der Waals surface area contributed by atoms with Gasteiger partial charge in [-0.3, -0.25) is 9.59 Å². The van der Waals surface area contributed by atoms with Gasteiger partial charge in [0.25, 0.3) is 0 Å². The van der Waals surface area contributed by atoms with Gasteiger partial charge in [0.2, 0.25) is 0 Å². The van der Waals surface area contributed by atoms with E-state index in [0.29, 0.717) is 12.8 Å². The largest absolute Gasteiger partial charge is 0.461 e. The van der Waals surface area contributed by atoms with Crippen LogP contribution in [0.5, 0.6) is 0 Å². The standard InChI is InChI=1S/C33H39NO3/c1-4-5-6-7-8-9-10-11-12-31(36)37-23-24-13-15-25(16-14-24)32-29-22-28(34(2)3)19-17-26(29)21-27-18-20-30(35)33(27)32/h4,13-17,19,21-22H,1,5-12,18,20,23H2,2-3H3. The lowest BCUT2D eigenvalue weighted by Crippen LogP contribution is -2.08. The molecule has 0 fully saturated rings. The number of allylic oxidation sites excluding steroid dienone is 1. The number of hydrogen-bond donors (Lipinski definition) is 0. The lowest BCUT2D eigenvalue weighted by atomic mass is 9.90. The van der Waals surface area contributed by atoms with Gasteiger partial charge in [0, 0.05) is 43.8 Å². The molecule has 4 heteroatoms. The molecule has 37 heavy (non-hydrogen) atoms. The molecule has 3 aromatic rings. The van der Waals surface area contributed by atoms with Crippen molar-refractivity contribution in [3.05, 3.63) is 77.9 Å². The van der Waals surface area contributed by atoms with Crippen molar-refractivity contribution in [3.63, 3.8) is 0 Å². The fourth-order valence-corrected chi connectivity index (χ4v) is 5.18. The number of rotatable bonds is 13. The first kappa shape index (κ1) is 26.7. The number of carbonyl (C=O) groups excluding carboxylic acids is 2. The molecule has 3 aromatic carbocycles. The topological polar surface area (TPSA) is 46.6 Å². The van der Waals surface area contributed by atoms with Crippen LogP contribution in [0.1, 0.15) is 79.3 Å². The minimum atomic E-state index is -0.135. The Hall–Kier alpha value is -3.40. The number of benzene rings is 3. The molecule has 0 bridgehead atoms. The Labute approximate surface area is 221 Å². The van der Waals surface area contributed by atoms with E-state index in [9.17, 15) is 9.59 Å². The summed E-state index contributed by atoms with van der Waals surface area (Å²) in [5.41, 5.74) is 6.11. The number of nitrogens with zero attached hydrogens (tertiary/aromatic N) is 1. The molecule has 0 radical (unpaired) electrons. The van der Waals surface area contributed by atoms with Crippen molar-refractivity contribution in [2.75, 3.05) is 19.0 Å². The van der Waals surface area contributed by atoms with E-state index < -0.39 is 0 Å². The second kappa shape index (κ2) is 12.7. The highest BCUT2D eigenvalue weighted by Crippen LogP contribution is 2.40. The van der Waals surface area contributed by atoms with Gasteiger partial charge >= 0.3 is 5.97 Å². The summed E-state index contributed by atoms with van der Waals surface area (Å²) >= 11 is 0. The highest BCUT2D eigenvalue weighted by molar-refractivity contribution is 6.14. The molecule has 4 rings (SSSR count). The number of ether oxygens (including phenoxy) is 1. The first-order chi connectivity index (χ1) is 18.0. The van der Waals surface area contributed by atoms with Crippen LogP contribution in [0.3, 0.4) is 0 Å². The first-order valence-electron chi connectivity index (χ1n) is 13.6. The maximum absolute atomic E-state index is 12.9. The molecule has 0 saturated carbocycles. The predicted molar refractivity (Wildman–Crippen MR) is 153 cm³/mol. The quantitative estimate of drug-likeness (QED) is 0.136. The Kier molecular flexibility index (Phi) is 9.16. The summed E-state index contributed by atoms with van der Waals surface area (Å²) in [5.74, 6) is 0.0846. The van der Waals surface area contributed by atoms with Crippen LogP contribution in [0, 0.1) is 0 Å². The molecule has 0 saturated heterocycles. The first-order valence-corrected chi connectivity index (χ1v) is 13.6. The molecule has 0 unspecified atom stereocenters. The summed E-state index contributed by atoms with van der Waals surface area (Å²) in [6.07, 6.45) is 11.7. The third kappa shape index (κ3) is 6.68. The SMILES string of the molecule is C=CCCCCCCCCC(=O)OCc1ccc(-c2c3c(cc4ccc(N(C)C)cc24)CCC3=O)cc1. The summed E-state index contributed by atoms with van der Waals surface area (Å²) in [6, 6.07) is 16.7. The van der Waals surface area contributed by atoms with Crippen molar-refractivity contribution in [2.24, 2.45) is 0 Å². The number of carbonyl (C=O) groups is 2. The molecule has 0 heterocycles. The van der Waals surface area contributed by atoms with Crippen molar-refractivity contribution < 1.29 is 14.3 Å². The van der Waals surface area contributed by atoms with Crippen LogP contribution in [0.25, 0.3) is 21.9 Å². The normalized spacial score (nSPS) is 12.5. The zero-order valence-corrected chi connectivity index (χ0v) is 22.4. The molecule has 1 aliphatic carbocycles. The molecular weight excluding hydrogens is 458 g/mol. The van der Waals surface area contributed by atoms with Gasteiger partial charge in [-0.15, -0.1) is 6.58 Å². The van der Waals surface area contributed by atoms with Gasteiger partial charge in [-0.05, 0) is 65.3 Å². The zero-order chi connectivity index (χ0) is 26.2. The minimum absolute atomic E-state index is 0.135. The summed E-state index contributed by atoms with van der Waals surface area (Å²) in [6.45, 7) is 4.03. The van der Waals surface area contributed by atoms with Crippen molar-refractivity contribution in [2.45, 2.75) is 70.8 Å². The van der Waals surface area contributed by atoms with Gasteiger partial charge in [0.15, 0.2) is 5.78 Å². The summed E-state index contributed by atoms with van der Waals surface area (Å²) in [4.78, 5) is 27.2. The van der Waals surface area contributed by atoms with E-state index in [1.165, 1.54) is 25.7 Å². The predicted octanol–water partition coefficient (Wildman–Crippen LogP) is 8.05. The summed E-state index contributed by atoms with van der Waals surface area (Å²) in [5, 5.41) is 2.25. The number of Topliss-reactive ketones (excluding diaryl/α,β-unsaturated/α-hetero) is 1. The van der Waals surface area contributed by atoms with E-state index in [1.54, 1.807) is 0 Å². The van der Waals surface area contributed by atoms with Gasteiger partial charge < -0.3 is 9.64 Å². The average molecular weight is 498 g/mol. The van der Waals surface area contributed by atoms with Gasteiger partial charge in [-0.1, -0.05) is 68.2 Å². The van der Waals surface area contributed by atoms with Gasteiger partial charge in [0.1, 0.15) is 6.61 Å². The molecule has 0 atom stereocenters. The molecule has 0 spiro atoms. The van der Waals surface area contributed by atoms with Crippen LogP contribution < -0.4 is 4.90 Å². The zero-order valence-electron chi connectivity index (χ0n) is 22.4. The van der Waals surface area contributed by atoms with E-state index in [4.69, 9.17) is 4.74 Å². The van der Waals surface area contributed by atoms with E-state index in [1.807, 2.05) is 32.3 Å². The molecule has 0 aliphatic heterocycles.